The van der Waals surface area contributed by atoms with Gasteiger partial charge in [0.1, 0.15) is 11.4 Å². The van der Waals surface area contributed by atoms with Crippen molar-refractivity contribution in [1.29, 1.82) is 0 Å². The molecule has 8 heteroatoms. The number of fused-ring (bicyclic) bond motifs is 1. The minimum Gasteiger partial charge on any atom is -0.493 e. The topological polar surface area (TPSA) is 74.3 Å². The molecule has 7 nitrogen and oxygen atoms in total. The second-order valence-corrected chi connectivity index (χ2v) is 8.97. The van der Waals surface area contributed by atoms with Gasteiger partial charge in [-0.3, -0.25) is 9.59 Å². The van der Waals surface area contributed by atoms with Crippen molar-refractivity contribution >= 4 is 23.3 Å². The molecule has 176 valence electrons. The molecule has 0 unspecified atom stereocenters. The number of amides is 1. The van der Waals surface area contributed by atoms with Crippen molar-refractivity contribution in [3.8, 4) is 23.0 Å². The van der Waals surface area contributed by atoms with E-state index in [1.54, 1.807) is 17.0 Å². The van der Waals surface area contributed by atoms with Crippen molar-refractivity contribution in [1.82, 2.24) is 4.90 Å². The first-order valence-corrected chi connectivity index (χ1v) is 11.2. The standard InChI is InChI=1S/C25H28ClNO6/c1-14-10-18-21(15(2)22(14)26)17(28)13-25(33-18)6-8-27(9-7-25)24(29)16-11-19(30-3)23(32-5)20(12-16)31-4/h10-12H,6-9,13H2,1-5H3. The van der Waals surface area contributed by atoms with E-state index >= 15 is 0 Å². The molecule has 1 fully saturated rings. The zero-order valence-electron chi connectivity index (χ0n) is 19.5. The molecule has 1 spiro atoms. The molecule has 2 aromatic carbocycles. The van der Waals surface area contributed by atoms with E-state index in [9.17, 15) is 9.59 Å². The predicted molar refractivity (Wildman–Crippen MR) is 124 cm³/mol. The number of ketones is 1. The molecule has 0 radical (unpaired) electrons. The van der Waals surface area contributed by atoms with Crippen LogP contribution in [0.1, 0.15) is 51.1 Å². The predicted octanol–water partition coefficient (Wildman–Crippen LogP) is 4.62. The number of nitrogens with zero attached hydrogens (tertiary/aromatic N) is 1. The van der Waals surface area contributed by atoms with E-state index in [1.165, 1.54) is 21.3 Å². The van der Waals surface area contributed by atoms with Gasteiger partial charge in [0.2, 0.25) is 5.75 Å². The van der Waals surface area contributed by atoms with E-state index < -0.39 is 5.60 Å². The van der Waals surface area contributed by atoms with Crippen LogP contribution in [0.3, 0.4) is 0 Å². The number of aryl methyl sites for hydroxylation is 1. The molecule has 2 aliphatic heterocycles. The molecule has 0 atom stereocenters. The second kappa shape index (κ2) is 8.78. The lowest BCUT2D eigenvalue weighted by atomic mass is 9.81. The zero-order valence-corrected chi connectivity index (χ0v) is 20.3. The molecule has 1 saturated heterocycles. The van der Waals surface area contributed by atoms with Gasteiger partial charge in [-0.05, 0) is 43.2 Å². The van der Waals surface area contributed by atoms with Crippen molar-refractivity contribution in [2.24, 2.45) is 0 Å². The number of hydrogen-bond donors (Lipinski definition) is 0. The number of ether oxygens (including phenoxy) is 4. The van der Waals surface area contributed by atoms with Gasteiger partial charge in [-0.25, -0.2) is 0 Å². The number of carbonyl (C=O) groups is 2. The molecule has 0 saturated carbocycles. The first kappa shape index (κ1) is 23.2. The summed E-state index contributed by atoms with van der Waals surface area (Å²) in [6.07, 6.45) is 1.41. The lowest BCUT2D eigenvalue weighted by molar-refractivity contribution is -0.00582. The van der Waals surface area contributed by atoms with Crippen LogP contribution in [0.25, 0.3) is 0 Å². The minimum atomic E-state index is -0.608. The summed E-state index contributed by atoms with van der Waals surface area (Å²) >= 11 is 6.35. The average Bonchev–Trinajstić information content (AvgIpc) is 2.81. The van der Waals surface area contributed by atoms with Gasteiger partial charge >= 0.3 is 0 Å². The number of piperidine rings is 1. The number of Topliss-reactive ketones (excluding diaryl/α,β-unsaturated/α-hetero) is 1. The molecule has 33 heavy (non-hydrogen) atoms. The number of carbonyl (C=O) groups excluding carboxylic acids is 2. The van der Waals surface area contributed by atoms with Crippen LogP contribution in [-0.4, -0.2) is 56.6 Å². The summed E-state index contributed by atoms with van der Waals surface area (Å²) in [5.74, 6) is 1.79. The van der Waals surface area contributed by atoms with Gasteiger partial charge in [-0.1, -0.05) is 11.6 Å². The second-order valence-electron chi connectivity index (χ2n) is 8.60. The van der Waals surface area contributed by atoms with Crippen LogP contribution in [0, 0.1) is 13.8 Å². The number of likely N-dealkylation sites (tertiary alicyclic amines) is 1. The Bertz CT molecular complexity index is 1100. The highest BCUT2D eigenvalue weighted by Gasteiger charge is 2.44. The minimum absolute atomic E-state index is 0.0417. The smallest absolute Gasteiger partial charge is 0.254 e. The summed E-state index contributed by atoms with van der Waals surface area (Å²) in [5.41, 5.74) is 2.07. The maximum absolute atomic E-state index is 13.2. The van der Waals surface area contributed by atoms with Gasteiger partial charge in [-0.2, -0.15) is 0 Å². The molecule has 2 aliphatic rings. The van der Waals surface area contributed by atoms with Crippen LogP contribution in [-0.2, 0) is 0 Å². The molecule has 1 amide bonds. The van der Waals surface area contributed by atoms with E-state index in [0.717, 1.165) is 11.1 Å². The molecule has 0 N–H and O–H groups in total. The van der Waals surface area contributed by atoms with E-state index in [4.69, 9.17) is 30.5 Å². The molecular weight excluding hydrogens is 446 g/mol. The maximum atomic E-state index is 13.2. The number of methoxy groups -OCH3 is 3. The Balaban J connectivity index is 1.54. The maximum Gasteiger partial charge on any atom is 0.254 e. The monoisotopic (exact) mass is 473 g/mol. The average molecular weight is 474 g/mol. The Kier molecular flexibility index (Phi) is 6.18. The van der Waals surface area contributed by atoms with Crippen molar-refractivity contribution in [2.45, 2.75) is 38.7 Å². The summed E-state index contributed by atoms with van der Waals surface area (Å²) in [7, 11) is 4.55. The van der Waals surface area contributed by atoms with Gasteiger partial charge in [0.15, 0.2) is 17.3 Å². The summed E-state index contributed by atoms with van der Waals surface area (Å²) in [5, 5.41) is 0.604. The highest BCUT2D eigenvalue weighted by atomic mass is 35.5. The molecular formula is C25H28ClNO6. The fourth-order valence-corrected chi connectivity index (χ4v) is 4.93. The third-order valence-electron chi connectivity index (χ3n) is 6.61. The van der Waals surface area contributed by atoms with Crippen LogP contribution in [0.4, 0.5) is 0 Å². The Labute approximate surface area is 198 Å². The fraction of sp³-hybridized carbons (Fsp3) is 0.440. The first-order chi connectivity index (χ1) is 15.7. The molecule has 2 aromatic rings. The van der Waals surface area contributed by atoms with Gasteiger partial charge in [0.05, 0.1) is 33.3 Å². The number of benzene rings is 2. The van der Waals surface area contributed by atoms with Crippen molar-refractivity contribution < 1.29 is 28.5 Å². The Morgan fingerprint density at radius 2 is 1.64 bits per heavy atom. The van der Waals surface area contributed by atoms with E-state index in [1.807, 2.05) is 19.9 Å². The van der Waals surface area contributed by atoms with Crippen LogP contribution in [0.15, 0.2) is 18.2 Å². The number of rotatable bonds is 4. The lowest BCUT2D eigenvalue weighted by Gasteiger charge is -2.44. The zero-order chi connectivity index (χ0) is 23.9. The van der Waals surface area contributed by atoms with Gasteiger partial charge in [0, 0.05) is 36.5 Å². The third kappa shape index (κ3) is 3.99. The highest BCUT2D eigenvalue weighted by molar-refractivity contribution is 6.32. The molecule has 0 aliphatic carbocycles. The summed E-state index contributed by atoms with van der Waals surface area (Å²) in [6, 6.07) is 5.15. The van der Waals surface area contributed by atoms with E-state index in [-0.39, 0.29) is 18.1 Å². The quantitative estimate of drug-likeness (QED) is 0.645. The molecule has 0 aromatic heterocycles. The van der Waals surface area contributed by atoms with E-state index in [0.29, 0.717) is 65.1 Å². The van der Waals surface area contributed by atoms with E-state index in [2.05, 4.69) is 0 Å². The van der Waals surface area contributed by atoms with Crippen LogP contribution in [0.5, 0.6) is 23.0 Å². The third-order valence-corrected chi connectivity index (χ3v) is 7.19. The Morgan fingerprint density at radius 1 is 1.03 bits per heavy atom. The summed E-state index contributed by atoms with van der Waals surface area (Å²) in [6.45, 7) is 4.71. The summed E-state index contributed by atoms with van der Waals surface area (Å²) < 4.78 is 22.5. The van der Waals surface area contributed by atoms with Crippen molar-refractivity contribution in [3.63, 3.8) is 0 Å². The van der Waals surface area contributed by atoms with Gasteiger partial charge in [0.25, 0.3) is 5.91 Å². The van der Waals surface area contributed by atoms with Crippen LogP contribution < -0.4 is 18.9 Å². The Hall–Kier alpha value is -2.93. The normalized spacial score (nSPS) is 16.8. The Morgan fingerprint density at radius 3 is 2.18 bits per heavy atom. The van der Waals surface area contributed by atoms with Crippen molar-refractivity contribution in [2.75, 3.05) is 34.4 Å². The largest absolute Gasteiger partial charge is 0.493 e. The highest BCUT2D eigenvalue weighted by Crippen LogP contribution is 2.44. The lowest BCUT2D eigenvalue weighted by Crippen LogP contribution is -2.52. The van der Waals surface area contributed by atoms with Crippen molar-refractivity contribution in [3.05, 3.63) is 45.5 Å². The first-order valence-electron chi connectivity index (χ1n) is 10.8. The number of hydrogen-bond acceptors (Lipinski definition) is 6. The van der Waals surface area contributed by atoms with Gasteiger partial charge < -0.3 is 23.8 Å². The SMILES string of the molecule is COc1cc(C(=O)N2CCC3(CC2)CC(=O)c2c(cc(C)c(Cl)c2C)O3)cc(OC)c1OC. The molecule has 0 bridgehead atoms. The van der Waals surface area contributed by atoms with Crippen LogP contribution in [0.2, 0.25) is 5.02 Å². The van der Waals surface area contributed by atoms with Gasteiger partial charge in [-0.15, -0.1) is 0 Å². The number of halogens is 1. The van der Waals surface area contributed by atoms with Crippen LogP contribution >= 0.6 is 11.6 Å². The molecule has 4 rings (SSSR count). The fourth-order valence-electron chi connectivity index (χ4n) is 4.78. The summed E-state index contributed by atoms with van der Waals surface area (Å²) in [4.78, 5) is 28.0. The molecule has 2 heterocycles.